The van der Waals surface area contributed by atoms with Crippen LogP contribution in [0.3, 0.4) is 0 Å². The number of benzene rings is 1. The summed E-state index contributed by atoms with van der Waals surface area (Å²) in [5.41, 5.74) is 0.144. The van der Waals surface area contributed by atoms with E-state index >= 15 is 0 Å². The molecule has 0 spiro atoms. The van der Waals surface area contributed by atoms with Crippen LogP contribution < -0.4 is 10.6 Å². The maximum atomic E-state index is 12.3. The first kappa shape index (κ1) is 15.2. The number of hydrogen-bond acceptors (Lipinski definition) is 2. The van der Waals surface area contributed by atoms with Crippen LogP contribution in [0, 0.1) is 5.92 Å². The monoisotopic (exact) mass is 262 g/mol. The molecule has 0 aliphatic rings. The molecule has 0 saturated heterocycles. The summed E-state index contributed by atoms with van der Waals surface area (Å²) in [5.74, 6) is -0.361. The Kier molecular flexibility index (Phi) is 5.10. The van der Waals surface area contributed by atoms with Gasteiger partial charge in [-0.3, -0.25) is 9.59 Å². The number of nitrogens with one attached hydrogen (secondary N) is 2. The third-order valence-corrected chi connectivity index (χ3v) is 3.36. The molecular formula is C15H22N2O2. The Hall–Kier alpha value is -1.84. The largest absolute Gasteiger partial charge is 0.350 e. The van der Waals surface area contributed by atoms with Gasteiger partial charge in [0.2, 0.25) is 11.8 Å². The standard InChI is InChI=1S/C15H22N2O2/c1-11(2)15(4,17-12(3)18)14(19)16-10-13-8-6-5-7-9-13/h5-9,11H,10H2,1-4H3,(H,16,19)(H,17,18). The minimum absolute atomic E-state index is 0.00664. The molecule has 4 heteroatoms. The zero-order valence-corrected chi connectivity index (χ0v) is 12.0. The molecule has 0 saturated carbocycles. The highest BCUT2D eigenvalue weighted by Crippen LogP contribution is 2.17. The fourth-order valence-corrected chi connectivity index (χ4v) is 1.79. The molecule has 2 N–H and O–H groups in total. The van der Waals surface area contributed by atoms with Crippen molar-refractivity contribution in [1.29, 1.82) is 0 Å². The van der Waals surface area contributed by atoms with Crippen molar-refractivity contribution >= 4 is 11.8 Å². The maximum Gasteiger partial charge on any atom is 0.246 e. The minimum Gasteiger partial charge on any atom is -0.350 e. The molecule has 0 fully saturated rings. The first-order valence-electron chi connectivity index (χ1n) is 6.47. The van der Waals surface area contributed by atoms with Crippen LogP contribution in [0.2, 0.25) is 0 Å². The van der Waals surface area contributed by atoms with Crippen molar-refractivity contribution < 1.29 is 9.59 Å². The van der Waals surface area contributed by atoms with Crippen LogP contribution in [0.25, 0.3) is 0 Å². The van der Waals surface area contributed by atoms with Crippen LogP contribution in [0.5, 0.6) is 0 Å². The number of carbonyl (C=O) groups excluding carboxylic acids is 2. The molecule has 2 amide bonds. The smallest absolute Gasteiger partial charge is 0.246 e. The lowest BCUT2D eigenvalue weighted by Crippen LogP contribution is -2.59. The van der Waals surface area contributed by atoms with E-state index in [1.54, 1.807) is 6.92 Å². The quantitative estimate of drug-likeness (QED) is 0.851. The fourth-order valence-electron chi connectivity index (χ4n) is 1.79. The van der Waals surface area contributed by atoms with Crippen molar-refractivity contribution in [3.63, 3.8) is 0 Å². The molecule has 1 aromatic carbocycles. The molecule has 1 unspecified atom stereocenters. The zero-order chi connectivity index (χ0) is 14.5. The summed E-state index contributed by atoms with van der Waals surface area (Å²) in [5, 5.41) is 5.61. The van der Waals surface area contributed by atoms with Crippen LogP contribution in [-0.4, -0.2) is 17.4 Å². The van der Waals surface area contributed by atoms with Gasteiger partial charge >= 0.3 is 0 Å². The van der Waals surface area contributed by atoms with Crippen LogP contribution >= 0.6 is 0 Å². The van der Waals surface area contributed by atoms with Crippen LogP contribution in [-0.2, 0) is 16.1 Å². The summed E-state index contributed by atoms with van der Waals surface area (Å²) in [6.45, 7) is 7.46. The lowest BCUT2D eigenvalue weighted by atomic mass is 9.87. The average Bonchev–Trinajstić information content (AvgIpc) is 2.36. The first-order chi connectivity index (χ1) is 8.86. The van der Waals surface area contributed by atoms with Crippen molar-refractivity contribution in [2.24, 2.45) is 5.92 Å². The summed E-state index contributed by atoms with van der Waals surface area (Å²) < 4.78 is 0. The Labute approximate surface area is 114 Å². The SMILES string of the molecule is CC(=O)NC(C)(C(=O)NCc1ccccc1)C(C)C. The van der Waals surface area contributed by atoms with E-state index in [9.17, 15) is 9.59 Å². The molecule has 19 heavy (non-hydrogen) atoms. The molecule has 104 valence electrons. The van der Waals surface area contributed by atoms with Gasteiger partial charge in [-0.1, -0.05) is 44.2 Å². The normalized spacial score (nSPS) is 13.7. The van der Waals surface area contributed by atoms with Gasteiger partial charge in [0.1, 0.15) is 5.54 Å². The van der Waals surface area contributed by atoms with Crippen molar-refractivity contribution in [3.05, 3.63) is 35.9 Å². The van der Waals surface area contributed by atoms with Gasteiger partial charge in [0, 0.05) is 13.5 Å². The van der Waals surface area contributed by atoms with Gasteiger partial charge in [0.05, 0.1) is 0 Å². The summed E-state index contributed by atoms with van der Waals surface area (Å²) in [4.78, 5) is 23.5. The second-order valence-corrected chi connectivity index (χ2v) is 5.21. The Morgan fingerprint density at radius 3 is 2.26 bits per heavy atom. The number of amides is 2. The first-order valence-corrected chi connectivity index (χ1v) is 6.47. The Morgan fingerprint density at radius 2 is 1.79 bits per heavy atom. The molecule has 1 atom stereocenters. The Balaban J connectivity index is 2.70. The van der Waals surface area contributed by atoms with E-state index in [1.807, 2.05) is 44.2 Å². The zero-order valence-electron chi connectivity index (χ0n) is 12.0. The van der Waals surface area contributed by atoms with Crippen molar-refractivity contribution in [2.75, 3.05) is 0 Å². The summed E-state index contributed by atoms with van der Waals surface area (Å²) in [6, 6.07) is 9.69. The van der Waals surface area contributed by atoms with Crippen molar-refractivity contribution in [3.8, 4) is 0 Å². The van der Waals surface area contributed by atoms with E-state index in [1.165, 1.54) is 6.92 Å². The molecule has 0 aliphatic heterocycles. The van der Waals surface area contributed by atoms with E-state index in [4.69, 9.17) is 0 Å². The maximum absolute atomic E-state index is 12.3. The molecule has 0 aromatic heterocycles. The van der Waals surface area contributed by atoms with Crippen LogP contribution in [0.4, 0.5) is 0 Å². The van der Waals surface area contributed by atoms with Gasteiger partial charge < -0.3 is 10.6 Å². The van der Waals surface area contributed by atoms with Gasteiger partial charge in [0.15, 0.2) is 0 Å². The van der Waals surface area contributed by atoms with Crippen LogP contribution in [0.15, 0.2) is 30.3 Å². The Morgan fingerprint density at radius 1 is 1.21 bits per heavy atom. The molecule has 1 aromatic rings. The molecule has 1 rings (SSSR count). The number of carbonyl (C=O) groups is 2. The topological polar surface area (TPSA) is 58.2 Å². The fraction of sp³-hybridized carbons (Fsp3) is 0.467. The third kappa shape index (κ3) is 4.09. The van der Waals surface area contributed by atoms with Crippen molar-refractivity contribution in [1.82, 2.24) is 10.6 Å². The van der Waals surface area contributed by atoms with E-state index in [0.29, 0.717) is 6.54 Å². The number of rotatable bonds is 5. The predicted octanol–water partition coefficient (Wildman–Crippen LogP) is 1.85. The molecule has 0 bridgehead atoms. The lowest BCUT2D eigenvalue weighted by molar-refractivity contribution is -0.134. The van der Waals surface area contributed by atoms with Gasteiger partial charge in [-0.2, -0.15) is 0 Å². The molecule has 0 radical (unpaired) electrons. The molecule has 4 nitrogen and oxygen atoms in total. The highest BCUT2D eigenvalue weighted by molar-refractivity contribution is 5.90. The van der Waals surface area contributed by atoms with E-state index in [2.05, 4.69) is 10.6 Å². The van der Waals surface area contributed by atoms with E-state index in [-0.39, 0.29) is 17.7 Å². The van der Waals surface area contributed by atoms with Crippen LogP contribution in [0.1, 0.15) is 33.3 Å². The van der Waals surface area contributed by atoms with Gasteiger partial charge in [-0.25, -0.2) is 0 Å². The third-order valence-electron chi connectivity index (χ3n) is 3.36. The van der Waals surface area contributed by atoms with E-state index < -0.39 is 5.54 Å². The summed E-state index contributed by atoms with van der Waals surface area (Å²) in [6.07, 6.45) is 0. The summed E-state index contributed by atoms with van der Waals surface area (Å²) >= 11 is 0. The second kappa shape index (κ2) is 6.36. The minimum atomic E-state index is -0.888. The molecular weight excluding hydrogens is 240 g/mol. The van der Waals surface area contributed by atoms with Gasteiger partial charge in [0.25, 0.3) is 0 Å². The summed E-state index contributed by atoms with van der Waals surface area (Å²) in [7, 11) is 0. The van der Waals surface area contributed by atoms with E-state index in [0.717, 1.165) is 5.56 Å². The van der Waals surface area contributed by atoms with Gasteiger partial charge in [-0.15, -0.1) is 0 Å². The average molecular weight is 262 g/mol. The Bertz CT molecular complexity index is 443. The predicted molar refractivity (Wildman–Crippen MR) is 75.3 cm³/mol. The molecule has 0 aliphatic carbocycles. The highest BCUT2D eigenvalue weighted by Gasteiger charge is 2.37. The highest BCUT2D eigenvalue weighted by atomic mass is 16.2. The van der Waals surface area contributed by atoms with Gasteiger partial charge in [-0.05, 0) is 18.4 Å². The van der Waals surface area contributed by atoms with Crippen molar-refractivity contribution in [2.45, 2.75) is 39.8 Å². The lowest BCUT2D eigenvalue weighted by Gasteiger charge is -2.33. The molecule has 0 heterocycles. The number of hydrogen-bond donors (Lipinski definition) is 2. The second-order valence-electron chi connectivity index (χ2n) is 5.21.